The van der Waals surface area contributed by atoms with E-state index in [1.54, 1.807) is 0 Å². The number of amides is 5. The summed E-state index contributed by atoms with van der Waals surface area (Å²) in [6.07, 6.45) is -1.34. The third-order valence-corrected chi connectivity index (χ3v) is 6.38. The molecule has 0 unspecified atom stereocenters. The normalized spacial score (nSPS) is 13.8. The molecule has 0 spiro atoms. The average molecular weight is 568 g/mol. The molecule has 0 bridgehead atoms. The summed E-state index contributed by atoms with van der Waals surface area (Å²) < 4.78 is 10.1. The molecule has 0 fully saturated rings. The van der Waals surface area contributed by atoms with E-state index >= 15 is 0 Å². The van der Waals surface area contributed by atoms with Gasteiger partial charge in [0.1, 0.15) is 24.7 Å². The largest absolute Gasteiger partial charge is 0.449 e. The molecule has 5 amide bonds. The Hall–Kier alpha value is -4.94. The number of primary amides is 1. The molecule has 6 N–H and O–H groups in total. The number of benzene rings is 2. The molecule has 2 aromatic rings. The van der Waals surface area contributed by atoms with Gasteiger partial charge in [-0.3, -0.25) is 24.0 Å². The topological polar surface area (TPSA) is 195 Å². The van der Waals surface area contributed by atoms with Crippen LogP contribution in [0, 0.1) is 0 Å². The zero-order valence-corrected chi connectivity index (χ0v) is 22.9. The highest BCUT2D eigenvalue weighted by Crippen LogP contribution is 2.44. The van der Waals surface area contributed by atoms with E-state index in [0.29, 0.717) is 0 Å². The van der Waals surface area contributed by atoms with Gasteiger partial charge in [-0.2, -0.15) is 0 Å². The monoisotopic (exact) mass is 567 g/mol. The summed E-state index contributed by atoms with van der Waals surface area (Å²) in [5, 5.41) is 9.42. The van der Waals surface area contributed by atoms with E-state index in [1.807, 2.05) is 48.5 Å². The second-order valence-corrected chi connectivity index (χ2v) is 9.47. The lowest BCUT2D eigenvalue weighted by molar-refractivity contribution is -0.143. The zero-order chi connectivity index (χ0) is 30.1. The van der Waals surface area contributed by atoms with Gasteiger partial charge in [-0.15, -0.1) is 0 Å². The molecule has 2 aromatic carbocycles. The third kappa shape index (κ3) is 8.27. The van der Waals surface area contributed by atoms with Gasteiger partial charge in [0.2, 0.25) is 23.6 Å². The van der Waals surface area contributed by atoms with Crippen LogP contribution in [-0.2, 0) is 33.4 Å². The summed E-state index contributed by atoms with van der Waals surface area (Å²) >= 11 is 0. The fourth-order valence-corrected chi connectivity index (χ4v) is 4.33. The van der Waals surface area contributed by atoms with E-state index in [0.717, 1.165) is 29.2 Å². The van der Waals surface area contributed by atoms with E-state index in [1.165, 1.54) is 13.8 Å². The van der Waals surface area contributed by atoms with E-state index in [4.69, 9.17) is 10.5 Å². The number of esters is 1. The SMILES string of the molecule is CC(=O)OCNC(=O)[C@H](CC(N)=O)NC(=O)[C@H](C)NC(=O)[C@H](C)NC(=O)OCC1c2ccccc2-c2ccccc21. The van der Waals surface area contributed by atoms with Crippen molar-refractivity contribution in [3.63, 3.8) is 0 Å². The first-order valence-electron chi connectivity index (χ1n) is 12.9. The number of carbonyl (C=O) groups excluding carboxylic acids is 6. The molecule has 13 nitrogen and oxygen atoms in total. The van der Waals surface area contributed by atoms with E-state index in [2.05, 4.69) is 26.0 Å². The summed E-state index contributed by atoms with van der Waals surface area (Å²) in [6, 6.07) is 12.2. The molecule has 0 radical (unpaired) electrons. The second-order valence-electron chi connectivity index (χ2n) is 9.47. The van der Waals surface area contributed by atoms with Crippen molar-refractivity contribution in [2.45, 2.75) is 51.2 Å². The number of nitrogens with two attached hydrogens (primary N) is 1. The van der Waals surface area contributed by atoms with Crippen LogP contribution >= 0.6 is 0 Å². The lowest BCUT2D eigenvalue weighted by Crippen LogP contribution is -2.56. The maximum absolute atomic E-state index is 12.6. The number of rotatable bonds is 12. The predicted octanol–water partition coefficient (Wildman–Crippen LogP) is 0.415. The molecule has 0 saturated carbocycles. The Morgan fingerprint density at radius 3 is 1.88 bits per heavy atom. The van der Waals surface area contributed by atoms with Crippen molar-refractivity contribution in [3.8, 4) is 11.1 Å². The average Bonchev–Trinajstić information content (AvgIpc) is 3.24. The maximum Gasteiger partial charge on any atom is 0.407 e. The molecule has 1 aliphatic carbocycles. The van der Waals surface area contributed by atoms with Crippen LogP contribution in [0.2, 0.25) is 0 Å². The highest BCUT2D eigenvalue weighted by Gasteiger charge is 2.30. The van der Waals surface area contributed by atoms with Gasteiger partial charge in [-0.1, -0.05) is 48.5 Å². The number of alkyl carbamates (subject to hydrolysis) is 1. The van der Waals surface area contributed by atoms with Crippen LogP contribution in [0.3, 0.4) is 0 Å². The quantitative estimate of drug-likeness (QED) is 0.180. The van der Waals surface area contributed by atoms with Crippen LogP contribution in [0.1, 0.15) is 44.2 Å². The van der Waals surface area contributed by atoms with Crippen molar-refractivity contribution in [1.82, 2.24) is 21.3 Å². The van der Waals surface area contributed by atoms with Crippen molar-refractivity contribution in [2.24, 2.45) is 5.73 Å². The van der Waals surface area contributed by atoms with E-state index < -0.39 is 67.0 Å². The van der Waals surface area contributed by atoms with Crippen molar-refractivity contribution >= 4 is 35.7 Å². The first-order chi connectivity index (χ1) is 19.5. The van der Waals surface area contributed by atoms with Gasteiger partial charge >= 0.3 is 12.1 Å². The summed E-state index contributed by atoms with van der Waals surface area (Å²) in [7, 11) is 0. The Morgan fingerprint density at radius 2 is 1.32 bits per heavy atom. The van der Waals surface area contributed by atoms with Crippen molar-refractivity contribution in [2.75, 3.05) is 13.3 Å². The van der Waals surface area contributed by atoms with Gasteiger partial charge in [0.05, 0.1) is 6.42 Å². The fraction of sp³-hybridized carbons (Fsp3) is 0.357. The fourth-order valence-electron chi connectivity index (χ4n) is 4.33. The summed E-state index contributed by atoms with van der Waals surface area (Å²) in [5.41, 5.74) is 9.41. The Labute approximate surface area is 236 Å². The standard InChI is InChI=1S/C28H33N5O8/c1-15(26(37)33-23(12-24(29)35)27(38)30-14-41-17(3)34)31-25(36)16(2)32-28(39)40-13-22-20-10-6-4-8-18(20)19-9-5-7-11-21(19)22/h4-11,15-16,22-23H,12-14H2,1-3H3,(H2,29,35)(H,30,38)(H,31,36)(H,32,39)(H,33,37)/t15-,16-,23-/m0/s1. The van der Waals surface area contributed by atoms with Gasteiger partial charge < -0.3 is 36.5 Å². The highest BCUT2D eigenvalue weighted by atomic mass is 16.5. The Bertz CT molecular complexity index is 1280. The predicted molar refractivity (Wildman–Crippen MR) is 146 cm³/mol. The van der Waals surface area contributed by atoms with Crippen LogP contribution in [0.15, 0.2) is 48.5 Å². The summed E-state index contributed by atoms with van der Waals surface area (Å²) in [4.78, 5) is 72.2. The van der Waals surface area contributed by atoms with Crippen LogP contribution in [0.25, 0.3) is 11.1 Å². The van der Waals surface area contributed by atoms with Gasteiger partial charge in [0.25, 0.3) is 0 Å². The number of hydrogen-bond acceptors (Lipinski definition) is 8. The molecule has 0 aromatic heterocycles. The summed E-state index contributed by atoms with van der Waals surface area (Å²) in [6.45, 7) is 3.51. The first-order valence-corrected chi connectivity index (χ1v) is 12.9. The molecule has 1 aliphatic rings. The molecular formula is C28H33N5O8. The minimum atomic E-state index is -1.37. The molecular weight excluding hydrogens is 534 g/mol. The molecule has 218 valence electrons. The third-order valence-electron chi connectivity index (χ3n) is 6.38. The Balaban J connectivity index is 1.50. The highest BCUT2D eigenvalue weighted by molar-refractivity contribution is 5.95. The van der Waals surface area contributed by atoms with Crippen molar-refractivity contribution in [3.05, 3.63) is 59.7 Å². The van der Waals surface area contributed by atoms with Crippen LogP contribution < -0.4 is 27.0 Å². The summed E-state index contributed by atoms with van der Waals surface area (Å²) in [5.74, 6) is -3.95. The molecule has 0 heterocycles. The van der Waals surface area contributed by atoms with Crippen molar-refractivity contribution < 1.29 is 38.2 Å². The lowest BCUT2D eigenvalue weighted by Gasteiger charge is -2.22. The van der Waals surface area contributed by atoms with Crippen LogP contribution in [0.5, 0.6) is 0 Å². The minimum Gasteiger partial charge on any atom is -0.449 e. The van der Waals surface area contributed by atoms with Crippen LogP contribution in [-0.4, -0.2) is 67.2 Å². The number of carbonyl (C=O) groups is 6. The van der Waals surface area contributed by atoms with Gasteiger partial charge in [0, 0.05) is 12.8 Å². The maximum atomic E-state index is 12.6. The van der Waals surface area contributed by atoms with Crippen molar-refractivity contribution in [1.29, 1.82) is 0 Å². The lowest BCUT2D eigenvalue weighted by atomic mass is 9.98. The number of hydrogen-bond donors (Lipinski definition) is 5. The molecule has 0 saturated heterocycles. The Kier molecular flexibility index (Phi) is 10.4. The molecule has 13 heteroatoms. The van der Waals surface area contributed by atoms with Crippen LogP contribution in [0.4, 0.5) is 4.79 Å². The second kappa shape index (κ2) is 13.9. The number of ether oxygens (including phenoxy) is 2. The van der Waals surface area contributed by atoms with E-state index in [9.17, 15) is 28.8 Å². The first kappa shape index (κ1) is 30.6. The zero-order valence-electron chi connectivity index (χ0n) is 22.9. The van der Waals surface area contributed by atoms with E-state index in [-0.39, 0.29) is 12.5 Å². The molecule has 41 heavy (non-hydrogen) atoms. The number of nitrogens with one attached hydrogen (secondary N) is 4. The Morgan fingerprint density at radius 1 is 0.780 bits per heavy atom. The smallest absolute Gasteiger partial charge is 0.407 e. The van der Waals surface area contributed by atoms with Gasteiger partial charge in [-0.25, -0.2) is 4.79 Å². The molecule has 3 rings (SSSR count). The molecule has 3 atom stereocenters. The minimum absolute atomic E-state index is 0.0633. The molecule has 0 aliphatic heterocycles. The van der Waals surface area contributed by atoms with Gasteiger partial charge in [-0.05, 0) is 36.1 Å². The van der Waals surface area contributed by atoms with Gasteiger partial charge in [0.15, 0.2) is 6.73 Å². The number of fused-ring (bicyclic) bond motifs is 3.